The van der Waals surface area contributed by atoms with Crippen molar-refractivity contribution in [2.45, 2.75) is 16.1 Å². The summed E-state index contributed by atoms with van der Waals surface area (Å²) in [5.74, 6) is 1.62. The zero-order chi connectivity index (χ0) is 21.2. The number of nitro benzene ring substituents is 1. The molecule has 1 fully saturated rings. The van der Waals surface area contributed by atoms with Crippen LogP contribution in [0.15, 0.2) is 77.7 Å². The second-order valence-corrected chi connectivity index (χ2v) is 9.26. The van der Waals surface area contributed by atoms with E-state index in [0.29, 0.717) is 12.4 Å². The molecular formula is C23H19N3O3S2. The van der Waals surface area contributed by atoms with E-state index in [4.69, 9.17) is 9.84 Å². The zero-order valence-corrected chi connectivity index (χ0v) is 18.1. The monoisotopic (exact) mass is 449 g/mol. The van der Waals surface area contributed by atoms with Crippen LogP contribution in [-0.2, 0) is 10.5 Å². The van der Waals surface area contributed by atoms with Crippen LogP contribution in [0.5, 0.6) is 0 Å². The second-order valence-electron chi connectivity index (χ2n) is 7.08. The molecule has 2 heterocycles. The van der Waals surface area contributed by atoms with Gasteiger partial charge in [0, 0.05) is 33.9 Å². The van der Waals surface area contributed by atoms with Gasteiger partial charge in [0.05, 0.1) is 22.7 Å². The Labute approximate surface area is 187 Å². The minimum absolute atomic E-state index is 0.0617. The highest BCUT2D eigenvalue weighted by Crippen LogP contribution is 2.43. The molecule has 1 aliphatic heterocycles. The number of hydrogen-bond donors (Lipinski definition) is 0. The number of nitro groups is 1. The van der Waals surface area contributed by atoms with Crippen molar-refractivity contribution in [1.82, 2.24) is 9.78 Å². The Bertz CT molecular complexity index is 1220. The predicted molar refractivity (Wildman–Crippen MR) is 125 cm³/mol. The van der Waals surface area contributed by atoms with Crippen LogP contribution in [0.2, 0.25) is 0 Å². The SMILES string of the molecule is O=[N+]([O-])c1cc(SCc2ccccc2)c2c(C3OCCS3)nn(-c3ccccc3)c2c1. The Morgan fingerprint density at radius 3 is 2.55 bits per heavy atom. The summed E-state index contributed by atoms with van der Waals surface area (Å²) in [6, 6.07) is 23.1. The molecule has 0 amide bonds. The van der Waals surface area contributed by atoms with Crippen LogP contribution < -0.4 is 0 Å². The summed E-state index contributed by atoms with van der Waals surface area (Å²) in [6.45, 7) is 0.675. The van der Waals surface area contributed by atoms with E-state index in [0.717, 1.165) is 38.5 Å². The lowest BCUT2D eigenvalue weighted by Crippen LogP contribution is -1.99. The number of non-ortho nitro benzene ring substituents is 1. The van der Waals surface area contributed by atoms with Crippen LogP contribution in [0.25, 0.3) is 16.6 Å². The molecule has 3 aromatic carbocycles. The summed E-state index contributed by atoms with van der Waals surface area (Å²) in [5.41, 5.74) is 3.46. The van der Waals surface area contributed by atoms with Gasteiger partial charge in [0.1, 0.15) is 11.1 Å². The molecule has 1 atom stereocenters. The van der Waals surface area contributed by atoms with Gasteiger partial charge >= 0.3 is 0 Å². The Hall–Kier alpha value is -2.81. The average Bonchev–Trinajstić information content (AvgIpc) is 3.46. The van der Waals surface area contributed by atoms with E-state index < -0.39 is 0 Å². The second kappa shape index (κ2) is 8.74. The smallest absolute Gasteiger partial charge is 0.272 e. The molecule has 1 aromatic heterocycles. The molecule has 1 unspecified atom stereocenters. The Morgan fingerprint density at radius 2 is 1.87 bits per heavy atom. The summed E-state index contributed by atoms with van der Waals surface area (Å²) < 4.78 is 7.73. The molecule has 5 rings (SSSR count). The Morgan fingerprint density at radius 1 is 1.13 bits per heavy atom. The van der Waals surface area contributed by atoms with Gasteiger partial charge in [-0.15, -0.1) is 23.5 Å². The number of benzene rings is 3. The van der Waals surface area contributed by atoms with Crippen LogP contribution in [0.1, 0.15) is 16.7 Å². The van der Waals surface area contributed by atoms with Crippen molar-refractivity contribution in [2.24, 2.45) is 0 Å². The third kappa shape index (κ3) is 4.06. The molecule has 1 aliphatic rings. The molecular weight excluding hydrogens is 430 g/mol. The third-order valence-electron chi connectivity index (χ3n) is 5.05. The first-order valence-electron chi connectivity index (χ1n) is 9.87. The number of aromatic nitrogens is 2. The maximum absolute atomic E-state index is 11.7. The summed E-state index contributed by atoms with van der Waals surface area (Å²) in [6.07, 6.45) is 0. The van der Waals surface area contributed by atoms with Crippen molar-refractivity contribution in [3.8, 4) is 5.69 Å². The molecule has 0 aliphatic carbocycles. The van der Waals surface area contributed by atoms with E-state index in [9.17, 15) is 10.1 Å². The maximum atomic E-state index is 11.7. The number of para-hydroxylation sites is 1. The number of nitrogens with zero attached hydrogens (tertiary/aromatic N) is 3. The molecule has 0 spiro atoms. The molecule has 0 bridgehead atoms. The largest absolute Gasteiger partial charge is 0.360 e. The zero-order valence-electron chi connectivity index (χ0n) is 16.5. The molecule has 0 radical (unpaired) electrons. The summed E-state index contributed by atoms with van der Waals surface area (Å²) >= 11 is 3.30. The molecule has 8 heteroatoms. The van der Waals surface area contributed by atoms with Crippen molar-refractivity contribution in [3.05, 3.63) is 94.2 Å². The number of rotatable bonds is 6. The van der Waals surface area contributed by atoms with Gasteiger partial charge in [-0.2, -0.15) is 5.10 Å². The highest BCUT2D eigenvalue weighted by molar-refractivity contribution is 7.99. The first-order chi connectivity index (χ1) is 15.2. The molecule has 0 N–H and O–H groups in total. The molecule has 156 valence electrons. The molecule has 1 saturated heterocycles. The lowest BCUT2D eigenvalue weighted by Gasteiger charge is -2.09. The van der Waals surface area contributed by atoms with E-state index in [1.165, 1.54) is 0 Å². The van der Waals surface area contributed by atoms with Crippen molar-refractivity contribution in [1.29, 1.82) is 0 Å². The van der Waals surface area contributed by atoms with E-state index in [1.54, 1.807) is 40.3 Å². The van der Waals surface area contributed by atoms with Crippen molar-refractivity contribution >= 4 is 40.1 Å². The summed E-state index contributed by atoms with van der Waals surface area (Å²) in [7, 11) is 0. The summed E-state index contributed by atoms with van der Waals surface area (Å²) in [4.78, 5) is 12.2. The Balaban J connectivity index is 1.70. The number of hydrogen-bond acceptors (Lipinski definition) is 6. The third-order valence-corrected chi connectivity index (χ3v) is 7.23. The topological polar surface area (TPSA) is 70.2 Å². The number of ether oxygens (including phenoxy) is 1. The van der Waals surface area contributed by atoms with Gasteiger partial charge in [0.15, 0.2) is 0 Å². The lowest BCUT2D eigenvalue weighted by molar-refractivity contribution is -0.384. The quantitative estimate of drug-likeness (QED) is 0.205. The summed E-state index contributed by atoms with van der Waals surface area (Å²) in [5, 5.41) is 17.5. The van der Waals surface area contributed by atoms with Gasteiger partial charge in [0.25, 0.3) is 5.69 Å². The first-order valence-corrected chi connectivity index (χ1v) is 11.9. The first kappa shape index (κ1) is 20.1. The number of thioether (sulfide) groups is 2. The van der Waals surface area contributed by atoms with E-state index in [-0.39, 0.29) is 16.0 Å². The maximum Gasteiger partial charge on any atom is 0.272 e. The minimum Gasteiger partial charge on any atom is -0.360 e. The van der Waals surface area contributed by atoms with Crippen LogP contribution in [0.3, 0.4) is 0 Å². The molecule has 6 nitrogen and oxygen atoms in total. The fourth-order valence-corrected chi connectivity index (χ4v) is 5.62. The van der Waals surface area contributed by atoms with Crippen molar-refractivity contribution in [3.63, 3.8) is 0 Å². The average molecular weight is 450 g/mol. The van der Waals surface area contributed by atoms with E-state index >= 15 is 0 Å². The molecule has 0 saturated carbocycles. The molecule has 31 heavy (non-hydrogen) atoms. The molecule has 4 aromatic rings. The standard InChI is InChI=1S/C23H19N3O3S2/c27-26(28)18-13-19-21(20(14-18)31-15-16-7-3-1-4-8-16)22(23-29-11-12-30-23)24-25(19)17-9-5-2-6-10-17/h1-10,13-14,23H,11-12,15H2. The van der Waals surface area contributed by atoms with Crippen molar-refractivity contribution < 1.29 is 9.66 Å². The highest BCUT2D eigenvalue weighted by Gasteiger charge is 2.28. The van der Waals surface area contributed by atoms with Gasteiger partial charge in [-0.3, -0.25) is 10.1 Å². The van der Waals surface area contributed by atoms with E-state index in [2.05, 4.69) is 12.1 Å². The van der Waals surface area contributed by atoms with Gasteiger partial charge in [-0.1, -0.05) is 48.5 Å². The van der Waals surface area contributed by atoms with Crippen LogP contribution >= 0.6 is 23.5 Å². The predicted octanol–water partition coefficient (Wildman–Crippen LogP) is 5.99. The van der Waals surface area contributed by atoms with E-state index in [1.807, 2.05) is 48.5 Å². The lowest BCUT2D eigenvalue weighted by atomic mass is 10.2. The number of fused-ring (bicyclic) bond motifs is 1. The normalized spacial score (nSPS) is 16.1. The van der Waals surface area contributed by atoms with Crippen LogP contribution in [-0.4, -0.2) is 27.1 Å². The van der Waals surface area contributed by atoms with Crippen LogP contribution in [0.4, 0.5) is 5.69 Å². The van der Waals surface area contributed by atoms with Gasteiger partial charge < -0.3 is 4.74 Å². The van der Waals surface area contributed by atoms with Crippen molar-refractivity contribution in [2.75, 3.05) is 12.4 Å². The highest BCUT2D eigenvalue weighted by atomic mass is 32.2. The minimum atomic E-state index is -0.338. The fraction of sp³-hybridized carbons (Fsp3) is 0.174. The van der Waals surface area contributed by atoms with Gasteiger partial charge in [-0.25, -0.2) is 4.68 Å². The van der Waals surface area contributed by atoms with Gasteiger partial charge in [-0.05, 0) is 17.7 Å². The fourth-order valence-electron chi connectivity index (χ4n) is 3.62. The Kier molecular flexibility index (Phi) is 5.67. The van der Waals surface area contributed by atoms with Crippen LogP contribution in [0, 0.1) is 10.1 Å². The van der Waals surface area contributed by atoms with Gasteiger partial charge in [0.2, 0.25) is 0 Å².